The number of hydrogen-bond donors (Lipinski definition) is 1. The van der Waals surface area contributed by atoms with Gasteiger partial charge in [-0.15, -0.1) is 0 Å². The summed E-state index contributed by atoms with van der Waals surface area (Å²) >= 11 is 0. The van der Waals surface area contributed by atoms with E-state index in [1.54, 1.807) is 17.8 Å². The van der Waals surface area contributed by atoms with E-state index in [4.69, 9.17) is 19.4 Å². The first-order valence-corrected chi connectivity index (χ1v) is 14.6. The number of amides is 1. The maximum Gasteiger partial charge on any atom is 0.257 e. The summed E-state index contributed by atoms with van der Waals surface area (Å²) < 4.78 is 15.1. The molecule has 0 bridgehead atoms. The van der Waals surface area contributed by atoms with Crippen molar-refractivity contribution in [3.05, 3.63) is 78.2 Å². The number of carbonyl (C=O) groups is 1. The van der Waals surface area contributed by atoms with Crippen molar-refractivity contribution in [2.24, 2.45) is 0 Å². The second-order valence-electron chi connectivity index (χ2n) is 11.2. The van der Waals surface area contributed by atoms with Crippen molar-refractivity contribution in [2.75, 3.05) is 32.3 Å². The third-order valence-electron chi connectivity index (χ3n) is 8.64. The van der Waals surface area contributed by atoms with Gasteiger partial charge in [0.15, 0.2) is 5.65 Å². The molecule has 0 spiro atoms. The number of anilines is 1. The summed E-state index contributed by atoms with van der Waals surface area (Å²) in [5.74, 6) is 1.57. The molecule has 1 N–H and O–H groups in total. The largest absolute Gasteiger partial charge is 0.381 e. The molecule has 1 amide bonds. The van der Waals surface area contributed by atoms with Crippen molar-refractivity contribution in [1.82, 2.24) is 29.5 Å². The Morgan fingerprint density at radius 2 is 1.90 bits per heavy atom. The Morgan fingerprint density at radius 1 is 1.07 bits per heavy atom. The number of nitrogens with one attached hydrogen (secondary N) is 1. The first kappa shape index (κ1) is 26.6. The molecule has 216 valence electrons. The summed E-state index contributed by atoms with van der Waals surface area (Å²) in [7, 11) is 3.72. The Hall–Kier alpha value is -4.28. The molecular weight excluding hydrogens is 530 g/mol. The predicted octanol–water partition coefficient (Wildman–Crippen LogP) is 4.59. The standard InChI is InChI=1S/C32H35N7O3/c1-37(20-21-7-4-3-5-8-21)29-17-27(24-18-33-30-23(24)9-6-14-38(30)22-12-15-42-16-13-22)35-31-25(19-34-39(29)31)32(40)36-26-10-11-28(26)41-2/h3-9,14,17-19,22,26,28H,10-13,15-16,20H2,1-2H3,(H,36,40)/t26?,28-/m0/s1. The van der Waals surface area contributed by atoms with E-state index in [9.17, 15) is 4.79 Å². The van der Waals surface area contributed by atoms with Crippen LogP contribution in [0.2, 0.25) is 0 Å². The van der Waals surface area contributed by atoms with Gasteiger partial charge in [0.2, 0.25) is 0 Å². The first-order chi connectivity index (χ1) is 20.6. The molecule has 1 aliphatic carbocycles. The molecule has 2 fully saturated rings. The smallest absolute Gasteiger partial charge is 0.257 e. The molecule has 2 atom stereocenters. The lowest BCUT2D eigenvalue weighted by atomic mass is 9.89. The number of carbonyl (C=O) groups excluding carboxylic acids is 1. The van der Waals surface area contributed by atoms with Crippen LogP contribution in [0.15, 0.2) is 67.1 Å². The van der Waals surface area contributed by atoms with Crippen LogP contribution >= 0.6 is 0 Å². The Balaban J connectivity index is 1.30. The number of fused-ring (bicyclic) bond motifs is 2. The van der Waals surface area contributed by atoms with Gasteiger partial charge in [0.1, 0.15) is 17.2 Å². The quantitative estimate of drug-likeness (QED) is 0.294. The average molecular weight is 566 g/mol. The Kier molecular flexibility index (Phi) is 7.09. The topological polar surface area (TPSA) is 98.8 Å². The molecule has 3 aromatic rings. The van der Waals surface area contributed by atoms with Crippen LogP contribution in [0.5, 0.6) is 0 Å². The first-order valence-electron chi connectivity index (χ1n) is 14.6. The maximum absolute atomic E-state index is 13.5. The van der Waals surface area contributed by atoms with Crippen LogP contribution in [0.1, 0.15) is 47.6 Å². The van der Waals surface area contributed by atoms with Gasteiger partial charge in [-0.1, -0.05) is 30.3 Å². The Labute approximate surface area is 244 Å². The second-order valence-corrected chi connectivity index (χ2v) is 11.2. The van der Waals surface area contributed by atoms with E-state index in [0.717, 1.165) is 67.4 Å². The van der Waals surface area contributed by atoms with Crippen LogP contribution in [-0.2, 0) is 16.0 Å². The molecule has 1 unspecified atom stereocenters. The van der Waals surface area contributed by atoms with Gasteiger partial charge < -0.3 is 24.3 Å². The lowest BCUT2D eigenvalue weighted by Gasteiger charge is -2.35. The number of methoxy groups -OCH3 is 1. The summed E-state index contributed by atoms with van der Waals surface area (Å²) in [6, 6.07) is 16.8. The van der Waals surface area contributed by atoms with Crippen molar-refractivity contribution >= 4 is 17.4 Å². The fraction of sp³-hybridized carbons (Fsp3) is 0.375. The molecule has 3 aliphatic heterocycles. The average Bonchev–Trinajstić information content (AvgIpc) is 3.65. The number of benzene rings is 1. The summed E-state index contributed by atoms with van der Waals surface area (Å²) in [6.07, 6.45) is 9.42. The van der Waals surface area contributed by atoms with Crippen LogP contribution in [0.3, 0.4) is 0 Å². The Morgan fingerprint density at radius 3 is 2.67 bits per heavy atom. The minimum Gasteiger partial charge on any atom is -0.381 e. The van der Waals surface area contributed by atoms with Gasteiger partial charge in [0.05, 0.1) is 24.0 Å². The number of aromatic nitrogens is 5. The van der Waals surface area contributed by atoms with Gasteiger partial charge in [0, 0.05) is 69.5 Å². The molecule has 1 aromatic carbocycles. The van der Waals surface area contributed by atoms with Gasteiger partial charge in [0.25, 0.3) is 5.91 Å². The normalized spacial score (nSPS) is 19.2. The zero-order valence-electron chi connectivity index (χ0n) is 23.9. The molecule has 0 radical (unpaired) electrons. The summed E-state index contributed by atoms with van der Waals surface area (Å²) in [5, 5.41) is 7.77. The van der Waals surface area contributed by atoms with E-state index in [0.29, 0.717) is 23.8 Å². The highest BCUT2D eigenvalue weighted by Crippen LogP contribution is 2.37. The summed E-state index contributed by atoms with van der Waals surface area (Å²) in [4.78, 5) is 25.5. The molecule has 2 aromatic heterocycles. The van der Waals surface area contributed by atoms with Crippen LogP contribution in [-0.4, -0.2) is 69.6 Å². The summed E-state index contributed by atoms with van der Waals surface area (Å²) in [6.45, 7) is 2.19. The molecule has 1 saturated heterocycles. The Bertz CT molecular complexity index is 1670. The third-order valence-corrected chi connectivity index (χ3v) is 8.64. The van der Waals surface area contributed by atoms with E-state index in [1.165, 1.54) is 5.56 Å². The lowest BCUT2D eigenvalue weighted by molar-refractivity contribution is 0.00732. The molecule has 4 aliphatic rings. The number of hydrogen-bond acceptors (Lipinski definition) is 7. The highest BCUT2D eigenvalue weighted by Gasteiger charge is 2.33. The highest BCUT2D eigenvalue weighted by molar-refractivity contribution is 6.00. The zero-order valence-corrected chi connectivity index (χ0v) is 23.9. The molecule has 5 heterocycles. The van der Waals surface area contributed by atoms with E-state index in [1.807, 2.05) is 37.5 Å². The number of nitrogens with zero attached hydrogens (tertiary/aromatic N) is 6. The summed E-state index contributed by atoms with van der Waals surface area (Å²) in [5.41, 5.74) is 4.82. The van der Waals surface area contributed by atoms with Crippen molar-refractivity contribution in [3.8, 4) is 22.6 Å². The van der Waals surface area contributed by atoms with Crippen molar-refractivity contribution in [2.45, 2.75) is 50.4 Å². The zero-order chi connectivity index (χ0) is 28.6. The van der Waals surface area contributed by atoms with E-state index in [-0.39, 0.29) is 18.1 Å². The second kappa shape index (κ2) is 11.2. The van der Waals surface area contributed by atoms with Crippen LogP contribution in [0, 0.1) is 0 Å². The molecule has 10 nitrogen and oxygen atoms in total. The number of pyridine rings is 1. The monoisotopic (exact) mass is 565 g/mol. The van der Waals surface area contributed by atoms with Gasteiger partial charge >= 0.3 is 0 Å². The molecule has 42 heavy (non-hydrogen) atoms. The molecular formula is C32H35N7O3. The fourth-order valence-corrected chi connectivity index (χ4v) is 6.14. The van der Waals surface area contributed by atoms with Crippen LogP contribution in [0.25, 0.3) is 28.3 Å². The lowest BCUT2D eigenvalue weighted by Crippen LogP contribution is -2.51. The van der Waals surface area contributed by atoms with Crippen molar-refractivity contribution < 1.29 is 14.3 Å². The minimum absolute atomic E-state index is 0.00953. The van der Waals surface area contributed by atoms with Gasteiger partial charge in [-0.3, -0.25) is 4.79 Å². The number of rotatable bonds is 8. The SMILES string of the molecule is CO[C@H]1CCC1NC(=O)c1cnn2c(N(C)Cc3ccccc3)cc(-c3cnc4n(C5CCOCC5)cccc3-4)nc12. The van der Waals surface area contributed by atoms with Crippen molar-refractivity contribution in [1.29, 1.82) is 0 Å². The van der Waals surface area contributed by atoms with Gasteiger partial charge in [-0.05, 0) is 43.4 Å². The molecule has 10 heteroatoms. The van der Waals surface area contributed by atoms with E-state index >= 15 is 0 Å². The van der Waals surface area contributed by atoms with Crippen molar-refractivity contribution in [3.63, 3.8) is 0 Å². The highest BCUT2D eigenvalue weighted by atomic mass is 16.5. The van der Waals surface area contributed by atoms with E-state index < -0.39 is 0 Å². The predicted molar refractivity (Wildman–Crippen MR) is 160 cm³/mol. The molecule has 1 saturated carbocycles. The number of ether oxygens (including phenoxy) is 2. The van der Waals surface area contributed by atoms with Crippen LogP contribution in [0.4, 0.5) is 5.82 Å². The molecule has 7 rings (SSSR count). The van der Waals surface area contributed by atoms with Gasteiger partial charge in [-0.2, -0.15) is 9.61 Å². The minimum atomic E-state index is -0.194. The fourth-order valence-electron chi connectivity index (χ4n) is 6.14. The van der Waals surface area contributed by atoms with Crippen LogP contribution < -0.4 is 10.2 Å². The van der Waals surface area contributed by atoms with Gasteiger partial charge in [-0.25, -0.2) is 9.97 Å². The van der Waals surface area contributed by atoms with E-state index in [2.05, 4.69) is 50.3 Å². The third kappa shape index (κ3) is 4.80. The maximum atomic E-state index is 13.5.